The highest BCUT2D eigenvalue weighted by atomic mass is 16.2. The van der Waals surface area contributed by atoms with Gasteiger partial charge in [-0.2, -0.15) is 0 Å². The summed E-state index contributed by atoms with van der Waals surface area (Å²) in [4.78, 5) is 33.1. The zero-order valence-electron chi connectivity index (χ0n) is 9.08. The van der Waals surface area contributed by atoms with Crippen LogP contribution in [0.15, 0.2) is 30.3 Å². The van der Waals surface area contributed by atoms with Crippen molar-refractivity contribution in [1.82, 2.24) is 5.01 Å². The SMILES string of the molecule is CC(=O)N(C)N(C(=O)C=O)c1ccccc1. The molecular formula is C11H12N2O3. The van der Waals surface area contributed by atoms with Crippen molar-refractivity contribution < 1.29 is 14.4 Å². The highest BCUT2D eigenvalue weighted by Crippen LogP contribution is 2.14. The van der Waals surface area contributed by atoms with Crippen molar-refractivity contribution in [2.45, 2.75) is 6.92 Å². The molecule has 5 nitrogen and oxygen atoms in total. The second kappa shape index (κ2) is 5.06. The number of rotatable bonds is 2. The summed E-state index contributed by atoms with van der Waals surface area (Å²) in [5.41, 5.74) is 0.470. The van der Waals surface area contributed by atoms with Gasteiger partial charge in [0.15, 0.2) is 0 Å². The van der Waals surface area contributed by atoms with E-state index in [1.165, 1.54) is 14.0 Å². The smallest absolute Gasteiger partial charge is 0.292 e. The molecule has 0 unspecified atom stereocenters. The Morgan fingerprint density at radius 3 is 2.19 bits per heavy atom. The number of para-hydroxylation sites is 1. The molecule has 2 amide bonds. The third kappa shape index (κ3) is 2.44. The van der Waals surface area contributed by atoms with Crippen molar-refractivity contribution >= 4 is 23.8 Å². The zero-order chi connectivity index (χ0) is 12.1. The first kappa shape index (κ1) is 11.9. The van der Waals surface area contributed by atoms with Crippen LogP contribution in [0.2, 0.25) is 0 Å². The Kier molecular flexibility index (Phi) is 3.77. The molecule has 0 heterocycles. The van der Waals surface area contributed by atoms with Gasteiger partial charge in [0.05, 0.1) is 5.69 Å². The lowest BCUT2D eigenvalue weighted by Crippen LogP contribution is -2.47. The Hall–Kier alpha value is -2.17. The van der Waals surface area contributed by atoms with E-state index in [4.69, 9.17) is 0 Å². The minimum Gasteiger partial charge on any atom is -0.292 e. The fourth-order valence-electron chi connectivity index (χ4n) is 1.21. The maximum atomic E-state index is 11.4. The van der Waals surface area contributed by atoms with E-state index in [9.17, 15) is 14.4 Å². The number of amides is 2. The molecule has 0 saturated carbocycles. The highest BCUT2D eigenvalue weighted by Gasteiger charge is 2.21. The standard InChI is InChI=1S/C11H12N2O3/c1-9(15)12(2)13(11(16)8-14)10-6-4-3-5-7-10/h3-8H,1-2H3. The quantitative estimate of drug-likeness (QED) is 0.417. The first-order valence-electron chi connectivity index (χ1n) is 4.66. The van der Waals surface area contributed by atoms with Crippen molar-refractivity contribution in [3.05, 3.63) is 30.3 Å². The molecule has 16 heavy (non-hydrogen) atoms. The van der Waals surface area contributed by atoms with Gasteiger partial charge in [-0.3, -0.25) is 14.4 Å². The summed E-state index contributed by atoms with van der Waals surface area (Å²) in [5, 5.41) is 2.11. The third-order valence-electron chi connectivity index (χ3n) is 2.07. The number of nitrogens with zero attached hydrogens (tertiary/aromatic N) is 2. The summed E-state index contributed by atoms with van der Waals surface area (Å²) in [6, 6.07) is 8.49. The number of anilines is 1. The molecular weight excluding hydrogens is 208 g/mol. The van der Waals surface area contributed by atoms with E-state index in [-0.39, 0.29) is 12.2 Å². The molecule has 1 aromatic rings. The summed E-state index contributed by atoms with van der Waals surface area (Å²) in [6.07, 6.45) is 0.173. The van der Waals surface area contributed by atoms with Crippen LogP contribution in [-0.2, 0) is 14.4 Å². The first-order valence-corrected chi connectivity index (χ1v) is 4.66. The lowest BCUT2D eigenvalue weighted by atomic mass is 10.3. The Bertz CT molecular complexity index is 403. The molecule has 0 aliphatic heterocycles. The van der Waals surface area contributed by atoms with Crippen LogP contribution >= 0.6 is 0 Å². The molecule has 5 heteroatoms. The van der Waals surface area contributed by atoms with Gasteiger partial charge in [0, 0.05) is 14.0 Å². The average Bonchev–Trinajstić information content (AvgIpc) is 2.30. The topological polar surface area (TPSA) is 57.7 Å². The Labute approximate surface area is 93.2 Å². The van der Waals surface area contributed by atoms with E-state index in [0.29, 0.717) is 5.69 Å². The van der Waals surface area contributed by atoms with Gasteiger partial charge < -0.3 is 0 Å². The lowest BCUT2D eigenvalue weighted by Gasteiger charge is -2.29. The molecule has 0 spiro atoms. The molecule has 0 fully saturated rings. The lowest BCUT2D eigenvalue weighted by molar-refractivity contribution is -0.136. The van der Waals surface area contributed by atoms with Crippen molar-refractivity contribution in [2.75, 3.05) is 12.1 Å². The minimum absolute atomic E-state index is 0.173. The molecule has 1 aromatic carbocycles. The van der Waals surface area contributed by atoms with Crippen LogP contribution in [0.25, 0.3) is 0 Å². The van der Waals surface area contributed by atoms with Crippen molar-refractivity contribution in [2.24, 2.45) is 0 Å². The van der Waals surface area contributed by atoms with Gasteiger partial charge in [-0.15, -0.1) is 0 Å². The van der Waals surface area contributed by atoms with Gasteiger partial charge in [0.2, 0.25) is 12.2 Å². The van der Waals surface area contributed by atoms with E-state index in [1.54, 1.807) is 30.3 Å². The van der Waals surface area contributed by atoms with Crippen LogP contribution in [0.3, 0.4) is 0 Å². The van der Waals surface area contributed by atoms with Gasteiger partial charge in [-0.1, -0.05) is 18.2 Å². The molecule has 0 saturated heterocycles. The first-order chi connectivity index (χ1) is 7.57. The predicted octanol–water partition coefficient (Wildman–Crippen LogP) is 0.612. The second-order valence-corrected chi connectivity index (χ2v) is 3.15. The largest absolute Gasteiger partial charge is 0.309 e. The van der Waals surface area contributed by atoms with Crippen LogP contribution in [0.5, 0.6) is 0 Å². The van der Waals surface area contributed by atoms with Crippen LogP contribution < -0.4 is 5.01 Å². The van der Waals surface area contributed by atoms with Crippen LogP contribution in [-0.4, -0.2) is 30.2 Å². The predicted molar refractivity (Wildman–Crippen MR) is 58.4 cm³/mol. The molecule has 84 valence electrons. The number of hydrazine groups is 1. The van der Waals surface area contributed by atoms with Crippen molar-refractivity contribution in [3.63, 3.8) is 0 Å². The van der Waals surface area contributed by atoms with Crippen molar-refractivity contribution in [1.29, 1.82) is 0 Å². The number of carbonyl (C=O) groups is 3. The Morgan fingerprint density at radius 2 is 1.75 bits per heavy atom. The average molecular weight is 220 g/mol. The van der Waals surface area contributed by atoms with E-state index in [2.05, 4.69) is 0 Å². The van der Waals surface area contributed by atoms with Crippen molar-refractivity contribution in [3.8, 4) is 0 Å². The van der Waals surface area contributed by atoms with Gasteiger partial charge >= 0.3 is 5.91 Å². The monoisotopic (exact) mass is 220 g/mol. The molecule has 0 radical (unpaired) electrons. The van der Waals surface area contributed by atoms with Crippen LogP contribution in [0.1, 0.15) is 6.92 Å². The summed E-state index contributed by atoms with van der Waals surface area (Å²) < 4.78 is 0. The van der Waals surface area contributed by atoms with Gasteiger partial charge in [-0.05, 0) is 12.1 Å². The molecule has 0 atom stereocenters. The molecule has 0 N–H and O–H groups in total. The molecule has 1 rings (SSSR count). The van der Waals surface area contributed by atoms with E-state index in [0.717, 1.165) is 10.0 Å². The zero-order valence-corrected chi connectivity index (χ0v) is 9.08. The Balaban J connectivity index is 3.11. The minimum atomic E-state index is -0.788. The summed E-state index contributed by atoms with van der Waals surface area (Å²) >= 11 is 0. The summed E-state index contributed by atoms with van der Waals surface area (Å²) in [5.74, 6) is -1.12. The molecule has 0 aliphatic carbocycles. The number of aldehydes is 1. The third-order valence-corrected chi connectivity index (χ3v) is 2.07. The fourth-order valence-corrected chi connectivity index (χ4v) is 1.21. The van der Waals surface area contributed by atoms with Crippen LogP contribution in [0.4, 0.5) is 5.69 Å². The molecule has 0 bridgehead atoms. The van der Waals surface area contributed by atoms with Gasteiger partial charge in [-0.25, -0.2) is 10.0 Å². The summed E-state index contributed by atoms with van der Waals surface area (Å²) in [7, 11) is 1.43. The van der Waals surface area contributed by atoms with E-state index < -0.39 is 5.91 Å². The Morgan fingerprint density at radius 1 is 1.19 bits per heavy atom. The second-order valence-electron chi connectivity index (χ2n) is 3.15. The fraction of sp³-hybridized carbons (Fsp3) is 0.182. The number of carbonyl (C=O) groups excluding carboxylic acids is 3. The number of hydrogen-bond donors (Lipinski definition) is 0. The van der Waals surface area contributed by atoms with Gasteiger partial charge in [0.1, 0.15) is 0 Å². The highest BCUT2D eigenvalue weighted by molar-refractivity contribution is 6.30. The summed E-state index contributed by atoms with van der Waals surface area (Å²) in [6.45, 7) is 1.31. The maximum absolute atomic E-state index is 11.4. The number of hydrogen-bond acceptors (Lipinski definition) is 3. The molecule has 0 aliphatic rings. The maximum Gasteiger partial charge on any atom is 0.309 e. The normalized spacial score (nSPS) is 9.38. The van der Waals surface area contributed by atoms with Gasteiger partial charge in [0.25, 0.3) is 0 Å². The van der Waals surface area contributed by atoms with Crippen LogP contribution in [0, 0.1) is 0 Å². The number of benzene rings is 1. The van der Waals surface area contributed by atoms with E-state index >= 15 is 0 Å². The molecule has 0 aromatic heterocycles. The van der Waals surface area contributed by atoms with E-state index in [1.807, 2.05) is 0 Å².